The summed E-state index contributed by atoms with van der Waals surface area (Å²) in [6.45, 7) is 5.55. The first kappa shape index (κ1) is 10.4. The van der Waals surface area contributed by atoms with Gasteiger partial charge in [-0.15, -0.1) is 0 Å². The molecule has 0 unspecified atom stereocenters. The van der Waals surface area contributed by atoms with E-state index in [2.05, 4.69) is 35.3 Å². The molecule has 0 amide bonds. The molecule has 2 saturated carbocycles. The van der Waals surface area contributed by atoms with E-state index in [-0.39, 0.29) is 0 Å². The van der Waals surface area contributed by atoms with Gasteiger partial charge < -0.3 is 9.88 Å². The van der Waals surface area contributed by atoms with Crippen LogP contribution < -0.4 is 5.32 Å². The summed E-state index contributed by atoms with van der Waals surface area (Å²) in [6.07, 6.45) is 10.4. The fourth-order valence-electron chi connectivity index (χ4n) is 2.83. The van der Waals surface area contributed by atoms with Gasteiger partial charge in [0.15, 0.2) is 0 Å². The number of aryl methyl sites for hydroxylation is 1. The predicted octanol–water partition coefficient (Wildman–Crippen LogP) is 2.79. The molecule has 0 atom stereocenters. The summed E-state index contributed by atoms with van der Waals surface area (Å²) in [5.74, 6) is 1.07. The molecule has 0 aromatic carbocycles. The van der Waals surface area contributed by atoms with Crippen molar-refractivity contribution >= 4 is 0 Å². The van der Waals surface area contributed by atoms with Gasteiger partial charge >= 0.3 is 0 Å². The standard InChI is InChI=1S/C14H22N2/c1-2-16-8-5-12(10-16)9-15-11-14(6-7-14)13-3-4-13/h5,8,10,13,15H,2-4,6-7,9,11H2,1H3. The molecule has 2 fully saturated rings. The maximum absolute atomic E-state index is 3.65. The second-order valence-corrected chi connectivity index (χ2v) is 5.59. The van der Waals surface area contributed by atoms with E-state index in [0.717, 1.165) is 24.4 Å². The minimum absolute atomic E-state index is 0.729. The maximum Gasteiger partial charge on any atom is 0.0220 e. The zero-order valence-corrected chi connectivity index (χ0v) is 10.2. The van der Waals surface area contributed by atoms with E-state index < -0.39 is 0 Å². The number of nitrogens with zero attached hydrogens (tertiary/aromatic N) is 1. The molecule has 1 heterocycles. The Morgan fingerprint density at radius 2 is 2.25 bits per heavy atom. The molecular weight excluding hydrogens is 196 g/mol. The first-order chi connectivity index (χ1) is 7.82. The van der Waals surface area contributed by atoms with Crippen molar-refractivity contribution in [1.82, 2.24) is 9.88 Å². The van der Waals surface area contributed by atoms with Crippen molar-refractivity contribution in [3.05, 3.63) is 24.0 Å². The molecular formula is C14H22N2. The molecule has 2 aliphatic carbocycles. The summed E-state index contributed by atoms with van der Waals surface area (Å²) in [5.41, 5.74) is 2.15. The van der Waals surface area contributed by atoms with Crippen LogP contribution in [0.25, 0.3) is 0 Å². The zero-order chi connectivity index (χ0) is 11.0. The van der Waals surface area contributed by atoms with Crippen molar-refractivity contribution in [2.24, 2.45) is 11.3 Å². The molecule has 0 bridgehead atoms. The Bertz CT molecular complexity index is 359. The number of hydrogen-bond donors (Lipinski definition) is 1. The molecule has 1 N–H and O–H groups in total. The van der Waals surface area contributed by atoms with Gasteiger partial charge in [-0.1, -0.05) is 0 Å². The van der Waals surface area contributed by atoms with E-state index in [1.54, 1.807) is 0 Å². The molecule has 0 radical (unpaired) electrons. The molecule has 0 saturated heterocycles. The number of nitrogens with one attached hydrogen (secondary N) is 1. The predicted molar refractivity (Wildman–Crippen MR) is 66.2 cm³/mol. The fraction of sp³-hybridized carbons (Fsp3) is 0.714. The first-order valence-corrected chi connectivity index (χ1v) is 6.68. The van der Waals surface area contributed by atoms with Crippen LogP contribution >= 0.6 is 0 Å². The van der Waals surface area contributed by atoms with Crippen molar-refractivity contribution in [2.45, 2.75) is 45.7 Å². The summed E-state index contributed by atoms with van der Waals surface area (Å²) < 4.78 is 2.24. The van der Waals surface area contributed by atoms with Gasteiger partial charge in [0.05, 0.1) is 0 Å². The van der Waals surface area contributed by atoms with Crippen molar-refractivity contribution in [3.63, 3.8) is 0 Å². The van der Waals surface area contributed by atoms with Crippen LogP contribution in [0.4, 0.5) is 0 Å². The molecule has 2 heteroatoms. The minimum atomic E-state index is 0.729. The van der Waals surface area contributed by atoms with Gasteiger partial charge in [-0.3, -0.25) is 0 Å². The molecule has 1 aromatic heterocycles. The minimum Gasteiger partial charge on any atom is -0.354 e. The summed E-state index contributed by atoms with van der Waals surface area (Å²) in [6, 6.07) is 2.23. The molecule has 88 valence electrons. The summed E-state index contributed by atoms with van der Waals surface area (Å²) >= 11 is 0. The van der Waals surface area contributed by atoms with Gasteiger partial charge in [0.25, 0.3) is 0 Å². The normalized spacial score (nSPS) is 22.3. The quantitative estimate of drug-likeness (QED) is 0.777. The zero-order valence-electron chi connectivity index (χ0n) is 10.2. The van der Waals surface area contributed by atoms with Crippen molar-refractivity contribution < 1.29 is 0 Å². The SMILES string of the molecule is CCn1ccc(CNCC2(C3CC3)CC2)c1. The topological polar surface area (TPSA) is 17.0 Å². The molecule has 2 aliphatic rings. The van der Waals surface area contributed by atoms with Gasteiger partial charge in [0, 0.05) is 32.0 Å². The third-order valence-corrected chi connectivity index (χ3v) is 4.32. The van der Waals surface area contributed by atoms with Crippen LogP contribution in [-0.2, 0) is 13.1 Å². The fourth-order valence-corrected chi connectivity index (χ4v) is 2.83. The summed E-state index contributed by atoms with van der Waals surface area (Å²) in [7, 11) is 0. The van der Waals surface area contributed by atoms with Crippen LogP contribution in [-0.4, -0.2) is 11.1 Å². The lowest BCUT2D eigenvalue weighted by Gasteiger charge is -2.14. The van der Waals surface area contributed by atoms with Crippen molar-refractivity contribution in [3.8, 4) is 0 Å². The highest BCUT2D eigenvalue weighted by Crippen LogP contribution is 2.60. The van der Waals surface area contributed by atoms with Crippen LogP contribution in [0.5, 0.6) is 0 Å². The molecule has 2 nitrogen and oxygen atoms in total. The van der Waals surface area contributed by atoms with Crippen LogP contribution in [0.15, 0.2) is 18.5 Å². The van der Waals surface area contributed by atoms with Crippen LogP contribution in [0.3, 0.4) is 0 Å². The Morgan fingerprint density at radius 1 is 1.44 bits per heavy atom. The van der Waals surface area contributed by atoms with Crippen molar-refractivity contribution in [2.75, 3.05) is 6.54 Å². The summed E-state index contributed by atoms with van der Waals surface area (Å²) in [4.78, 5) is 0. The second kappa shape index (κ2) is 3.92. The highest BCUT2D eigenvalue weighted by molar-refractivity contribution is 5.11. The van der Waals surface area contributed by atoms with Gasteiger partial charge in [-0.2, -0.15) is 0 Å². The van der Waals surface area contributed by atoms with Crippen LogP contribution in [0.1, 0.15) is 38.2 Å². The third-order valence-electron chi connectivity index (χ3n) is 4.32. The van der Waals surface area contributed by atoms with E-state index in [1.165, 1.54) is 37.8 Å². The Kier molecular flexibility index (Phi) is 2.55. The van der Waals surface area contributed by atoms with E-state index in [4.69, 9.17) is 0 Å². The van der Waals surface area contributed by atoms with E-state index in [0.29, 0.717) is 0 Å². The van der Waals surface area contributed by atoms with Crippen LogP contribution in [0, 0.1) is 11.3 Å². The second-order valence-electron chi connectivity index (χ2n) is 5.59. The largest absolute Gasteiger partial charge is 0.354 e. The highest BCUT2D eigenvalue weighted by atomic mass is 14.9. The Labute approximate surface area is 98.0 Å². The molecule has 16 heavy (non-hydrogen) atoms. The lowest BCUT2D eigenvalue weighted by molar-refractivity contribution is 0.403. The first-order valence-electron chi connectivity index (χ1n) is 6.68. The average Bonchev–Trinajstić information content (AvgIpc) is 3.17. The summed E-state index contributed by atoms with van der Waals surface area (Å²) in [5, 5.41) is 3.65. The Balaban J connectivity index is 1.46. The Morgan fingerprint density at radius 3 is 2.81 bits per heavy atom. The number of aromatic nitrogens is 1. The average molecular weight is 218 g/mol. The van der Waals surface area contributed by atoms with Gasteiger partial charge in [-0.05, 0) is 55.6 Å². The molecule has 0 aliphatic heterocycles. The van der Waals surface area contributed by atoms with Crippen LogP contribution in [0.2, 0.25) is 0 Å². The van der Waals surface area contributed by atoms with Gasteiger partial charge in [0.2, 0.25) is 0 Å². The van der Waals surface area contributed by atoms with E-state index >= 15 is 0 Å². The van der Waals surface area contributed by atoms with E-state index in [1.807, 2.05) is 0 Å². The maximum atomic E-state index is 3.65. The number of hydrogen-bond acceptors (Lipinski definition) is 1. The highest BCUT2D eigenvalue weighted by Gasteiger charge is 2.53. The third kappa shape index (κ3) is 2.03. The monoisotopic (exact) mass is 218 g/mol. The molecule has 0 spiro atoms. The lowest BCUT2D eigenvalue weighted by atomic mass is 10.0. The Hall–Kier alpha value is -0.760. The van der Waals surface area contributed by atoms with Gasteiger partial charge in [0.1, 0.15) is 0 Å². The smallest absolute Gasteiger partial charge is 0.0220 e. The van der Waals surface area contributed by atoms with Crippen molar-refractivity contribution in [1.29, 1.82) is 0 Å². The lowest BCUT2D eigenvalue weighted by Crippen LogP contribution is -2.24. The molecule has 1 aromatic rings. The number of rotatable bonds is 6. The van der Waals surface area contributed by atoms with E-state index in [9.17, 15) is 0 Å². The molecule has 3 rings (SSSR count). The van der Waals surface area contributed by atoms with Gasteiger partial charge in [-0.25, -0.2) is 0 Å².